The van der Waals surface area contributed by atoms with Crippen LogP contribution < -0.4 is 9.47 Å². The van der Waals surface area contributed by atoms with Crippen LogP contribution in [0.3, 0.4) is 0 Å². The number of thiazole rings is 1. The van der Waals surface area contributed by atoms with E-state index in [-0.39, 0.29) is 0 Å². The number of benzene rings is 1. The molecule has 0 unspecified atom stereocenters. The van der Waals surface area contributed by atoms with E-state index in [1.807, 2.05) is 12.3 Å². The highest BCUT2D eigenvalue weighted by atomic mass is 35.5. The molecule has 3 aromatic rings. The number of halogens is 1. The van der Waals surface area contributed by atoms with Gasteiger partial charge in [-0.2, -0.15) is 0 Å². The fourth-order valence-electron chi connectivity index (χ4n) is 2.00. The molecule has 0 radical (unpaired) electrons. The fourth-order valence-corrected chi connectivity index (χ4v) is 2.82. The molecule has 2 aromatic heterocycles. The van der Waals surface area contributed by atoms with Crippen LogP contribution in [0.25, 0.3) is 22.4 Å². The molecule has 0 aliphatic rings. The molecule has 108 valence electrons. The lowest BCUT2D eigenvalue weighted by molar-refractivity contribution is 0.356. The minimum absolute atomic E-state index is 0.363. The largest absolute Gasteiger partial charge is 0.493 e. The maximum absolute atomic E-state index is 6.27. The van der Waals surface area contributed by atoms with Crippen LogP contribution in [-0.2, 0) is 0 Å². The smallest absolute Gasteiger partial charge is 0.181 e. The number of methoxy groups -OCH3 is 2. The van der Waals surface area contributed by atoms with Gasteiger partial charge in [0.15, 0.2) is 17.3 Å². The second-order valence-electron chi connectivity index (χ2n) is 4.31. The van der Waals surface area contributed by atoms with Gasteiger partial charge in [-0.15, -0.1) is 11.3 Å². The van der Waals surface area contributed by atoms with Crippen molar-refractivity contribution in [3.63, 3.8) is 0 Å². The predicted octanol–water partition coefficient (Wildman–Crippen LogP) is 3.73. The number of aromatic nitrogens is 3. The van der Waals surface area contributed by atoms with Crippen molar-refractivity contribution in [3.8, 4) is 23.0 Å². The predicted molar refractivity (Wildman–Crippen MR) is 83.5 cm³/mol. The SMILES string of the molecule is COc1cc2nc(-c3csc(C)n3)nc(Cl)c2cc1OC. The lowest BCUT2D eigenvalue weighted by atomic mass is 10.2. The van der Waals surface area contributed by atoms with Gasteiger partial charge in [0, 0.05) is 16.8 Å². The van der Waals surface area contributed by atoms with E-state index in [0.29, 0.717) is 33.4 Å². The van der Waals surface area contributed by atoms with Gasteiger partial charge in [0.05, 0.1) is 24.7 Å². The number of fused-ring (bicyclic) bond motifs is 1. The van der Waals surface area contributed by atoms with Gasteiger partial charge in [-0.05, 0) is 13.0 Å². The molecular formula is C14H12ClN3O2S. The number of hydrogen-bond donors (Lipinski definition) is 0. The van der Waals surface area contributed by atoms with Crippen molar-refractivity contribution in [1.82, 2.24) is 15.0 Å². The summed E-state index contributed by atoms with van der Waals surface area (Å²) >= 11 is 7.82. The maximum Gasteiger partial charge on any atom is 0.181 e. The van der Waals surface area contributed by atoms with Crippen LogP contribution >= 0.6 is 22.9 Å². The summed E-state index contributed by atoms with van der Waals surface area (Å²) in [5, 5.41) is 3.94. The highest BCUT2D eigenvalue weighted by Gasteiger charge is 2.14. The van der Waals surface area contributed by atoms with Crippen molar-refractivity contribution < 1.29 is 9.47 Å². The van der Waals surface area contributed by atoms with Crippen LogP contribution in [0.5, 0.6) is 11.5 Å². The summed E-state index contributed by atoms with van der Waals surface area (Å²) in [5.74, 6) is 1.69. The van der Waals surface area contributed by atoms with Crippen LogP contribution in [-0.4, -0.2) is 29.2 Å². The monoisotopic (exact) mass is 321 g/mol. The molecule has 0 aliphatic carbocycles. The molecule has 7 heteroatoms. The zero-order chi connectivity index (χ0) is 15.0. The first-order valence-electron chi connectivity index (χ1n) is 6.14. The molecule has 5 nitrogen and oxygen atoms in total. The van der Waals surface area contributed by atoms with Crippen molar-refractivity contribution in [2.75, 3.05) is 14.2 Å². The summed E-state index contributed by atoms with van der Waals surface area (Å²) in [6, 6.07) is 3.55. The topological polar surface area (TPSA) is 57.1 Å². The highest BCUT2D eigenvalue weighted by Crippen LogP contribution is 2.34. The molecule has 2 heterocycles. The molecular weight excluding hydrogens is 310 g/mol. The van der Waals surface area contributed by atoms with Crippen molar-refractivity contribution in [1.29, 1.82) is 0 Å². The molecule has 0 amide bonds. The molecule has 0 saturated carbocycles. The molecule has 0 N–H and O–H groups in total. The van der Waals surface area contributed by atoms with E-state index in [1.54, 1.807) is 37.7 Å². The number of aryl methyl sites for hydroxylation is 1. The zero-order valence-electron chi connectivity index (χ0n) is 11.7. The third-order valence-corrected chi connectivity index (χ3v) is 4.06. The zero-order valence-corrected chi connectivity index (χ0v) is 13.2. The number of ether oxygens (including phenoxy) is 2. The van der Waals surface area contributed by atoms with Crippen LogP contribution in [0, 0.1) is 6.92 Å². The van der Waals surface area contributed by atoms with Gasteiger partial charge in [-0.25, -0.2) is 15.0 Å². The van der Waals surface area contributed by atoms with Crippen LogP contribution in [0.2, 0.25) is 5.15 Å². The third kappa shape index (κ3) is 2.52. The number of nitrogens with zero attached hydrogens (tertiary/aromatic N) is 3. The molecule has 3 rings (SSSR count). The molecule has 21 heavy (non-hydrogen) atoms. The van der Waals surface area contributed by atoms with E-state index in [4.69, 9.17) is 21.1 Å². The van der Waals surface area contributed by atoms with Crippen molar-refractivity contribution in [2.24, 2.45) is 0 Å². The molecule has 0 fully saturated rings. The minimum Gasteiger partial charge on any atom is -0.493 e. The van der Waals surface area contributed by atoms with Crippen LogP contribution in [0.4, 0.5) is 0 Å². The average Bonchev–Trinajstić information content (AvgIpc) is 2.92. The first kappa shape index (κ1) is 14.0. The van der Waals surface area contributed by atoms with Gasteiger partial charge in [0.25, 0.3) is 0 Å². The third-order valence-electron chi connectivity index (χ3n) is 3.00. The Kier molecular flexibility index (Phi) is 3.65. The molecule has 1 aromatic carbocycles. The van der Waals surface area contributed by atoms with Crippen molar-refractivity contribution in [3.05, 3.63) is 27.7 Å². The van der Waals surface area contributed by atoms with E-state index < -0.39 is 0 Å². The summed E-state index contributed by atoms with van der Waals surface area (Å²) in [4.78, 5) is 13.2. The van der Waals surface area contributed by atoms with E-state index in [9.17, 15) is 0 Å². The van der Waals surface area contributed by atoms with Crippen LogP contribution in [0.1, 0.15) is 5.01 Å². The summed E-state index contributed by atoms with van der Waals surface area (Å²) in [6.45, 7) is 1.94. The van der Waals surface area contributed by atoms with E-state index >= 15 is 0 Å². The molecule has 0 aliphatic heterocycles. The number of rotatable bonds is 3. The van der Waals surface area contributed by atoms with Crippen LogP contribution in [0.15, 0.2) is 17.5 Å². The summed E-state index contributed by atoms with van der Waals surface area (Å²) in [7, 11) is 3.15. The lowest BCUT2D eigenvalue weighted by Gasteiger charge is -2.10. The summed E-state index contributed by atoms with van der Waals surface area (Å²) < 4.78 is 10.6. The highest BCUT2D eigenvalue weighted by molar-refractivity contribution is 7.09. The van der Waals surface area contributed by atoms with Gasteiger partial charge in [-0.3, -0.25) is 0 Å². The fraction of sp³-hybridized carbons (Fsp3) is 0.214. The molecule has 0 atom stereocenters. The molecule has 0 spiro atoms. The second kappa shape index (κ2) is 5.46. The van der Waals surface area contributed by atoms with E-state index in [2.05, 4.69) is 15.0 Å². The minimum atomic E-state index is 0.363. The van der Waals surface area contributed by atoms with E-state index in [0.717, 1.165) is 10.7 Å². The molecule has 0 saturated heterocycles. The van der Waals surface area contributed by atoms with Gasteiger partial charge >= 0.3 is 0 Å². The first-order chi connectivity index (χ1) is 10.1. The number of hydrogen-bond acceptors (Lipinski definition) is 6. The van der Waals surface area contributed by atoms with Crippen molar-refractivity contribution >= 4 is 33.8 Å². The molecule has 0 bridgehead atoms. The Morgan fingerprint density at radius 1 is 1.05 bits per heavy atom. The van der Waals surface area contributed by atoms with Gasteiger partial charge in [-0.1, -0.05) is 11.6 Å². The Morgan fingerprint density at radius 3 is 2.38 bits per heavy atom. The Morgan fingerprint density at radius 2 is 1.76 bits per heavy atom. The standard InChI is InChI=1S/C14H12ClN3O2S/c1-7-16-10(6-21-7)14-17-9-5-12(20-3)11(19-2)4-8(9)13(15)18-14/h4-6H,1-3H3. The lowest BCUT2D eigenvalue weighted by Crippen LogP contribution is -1.95. The summed E-state index contributed by atoms with van der Waals surface area (Å²) in [5.41, 5.74) is 1.41. The van der Waals surface area contributed by atoms with Gasteiger partial charge in [0.1, 0.15) is 10.8 Å². The Balaban J connectivity index is 2.23. The van der Waals surface area contributed by atoms with Gasteiger partial charge in [0.2, 0.25) is 0 Å². The Hall–Kier alpha value is -1.92. The summed E-state index contributed by atoms with van der Waals surface area (Å²) in [6.07, 6.45) is 0. The van der Waals surface area contributed by atoms with Gasteiger partial charge < -0.3 is 9.47 Å². The second-order valence-corrected chi connectivity index (χ2v) is 5.73. The maximum atomic E-state index is 6.27. The van der Waals surface area contributed by atoms with Crippen molar-refractivity contribution in [2.45, 2.75) is 6.92 Å². The first-order valence-corrected chi connectivity index (χ1v) is 7.40. The van der Waals surface area contributed by atoms with E-state index in [1.165, 1.54) is 0 Å². The normalized spacial score (nSPS) is 10.9. The average molecular weight is 322 g/mol. The Bertz CT molecular complexity index is 819. The Labute approximate surface area is 130 Å². The quantitative estimate of drug-likeness (QED) is 0.688.